The molecule has 0 saturated heterocycles. The van der Waals surface area contributed by atoms with E-state index < -0.39 is 11.5 Å². The molecule has 0 aliphatic heterocycles. The summed E-state index contributed by atoms with van der Waals surface area (Å²) < 4.78 is 5.97. The van der Waals surface area contributed by atoms with E-state index in [-0.39, 0.29) is 12.2 Å². The van der Waals surface area contributed by atoms with E-state index in [4.69, 9.17) is 15.6 Å². The highest BCUT2D eigenvalue weighted by Crippen LogP contribution is 2.29. The van der Waals surface area contributed by atoms with Gasteiger partial charge >= 0.3 is 5.97 Å². The molecule has 1 aliphatic carbocycles. The largest absolute Gasteiger partial charge is 0.480 e. The second kappa shape index (κ2) is 6.53. The second-order valence-corrected chi connectivity index (χ2v) is 5.94. The van der Waals surface area contributed by atoms with Gasteiger partial charge in [-0.3, -0.25) is 4.79 Å². The summed E-state index contributed by atoms with van der Waals surface area (Å²) in [4.78, 5) is 11.0. The minimum absolute atomic E-state index is 0.100. The first kappa shape index (κ1) is 15.4. The first-order chi connectivity index (χ1) is 8.35. The minimum Gasteiger partial charge on any atom is -0.480 e. The minimum atomic E-state index is -1.20. The van der Waals surface area contributed by atoms with Crippen molar-refractivity contribution in [3.8, 4) is 0 Å². The van der Waals surface area contributed by atoms with E-state index in [1.165, 1.54) is 19.3 Å². The molecule has 106 valence electrons. The first-order valence-corrected chi connectivity index (χ1v) is 7.03. The SMILES string of the molecule is CCC1CCCC(OC(C)CC(C)(N)C(=O)O)C1. The maximum Gasteiger partial charge on any atom is 0.323 e. The second-order valence-electron chi connectivity index (χ2n) is 5.94. The van der Waals surface area contributed by atoms with Crippen molar-refractivity contribution < 1.29 is 14.6 Å². The summed E-state index contributed by atoms with van der Waals surface area (Å²) >= 11 is 0. The fourth-order valence-electron chi connectivity index (χ4n) is 2.80. The zero-order chi connectivity index (χ0) is 13.8. The number of rotatable bonds is 6. The molecule has 18 heavy (non-hydrogen) atoms. The van der Waals surface area contributed by atoms with Crippen molar-refractivity contribution in [1.82, 2.24) is 0 Å². The molecule has 4 unspecified atom stereocenters. The molecule has 4 nitrogen and oxygen atoms in total. The van der Waals surface area contributed by atoms with Crippen LogP contribution in [0.2, 0.25) is 0 Å². The maximum atomic E-state index is 11.0. The molecule has 1 saturated carbocycles. The topological polar surface area (TPSA) is 72.5 Å². The molecule has 0 aromatic heterocycles. The number of hydrogen-bond acceptors (Lipinski definition) is 3. The van der Waals surface area contributed by atoms with E-state index in [1.807, 2.05) is 6.92 Å². The van der Waals surface area contributed by atoms with Crippen LogP contribution in [0, 0.1) is 5.92 Å². The Kier molecular flexibility index (Phi) is 5.60. The van der Waals surface area contributed by atoms with Crippen LogP contribution in [0.1, 0.15) is 59.3 Å². The number of ether oxygens (including phenoxy) is 1. The standard InChI is InChI=1S/C14H27NO3/c1-4-11-6-5-7-12(8-11)18-10(2)9-14(3,15)13(16)17/h10-12H,4-9,15H2,1-3H3,(H,16,17). The van der Waals surface area contributed by atoms with Crippen LogP contribution < -0.4 is 5.73 Å². The van der Waals surface area contributed by atoms with E-state index in [1.54, 1.807) is 6.92 Å². The highest BCUT2D eigenvalue weighted by molar-refractivity contribution is 5.77. The van der Waals surface area contributed by atoms with Gasteiger partial charge in [0.25, 0.3) is 0 Å². The van der Waals surface area contributed by atoms with Crippen LogP contribution in [-0.2, 0) is 9.53 Å². The fraction of sp³-hybridized carbons (Fsp3) is 0.929. The Morgan fingerprint density at radius 1 is 1.56 bits per heavy atom. The molecule has 0 aromatic carbocycles. The number of carbonyl (C=O) groups is 1. The third kappa shape index (κ3) is 4.58. The van der Waals surface area contributed by atoms with Crippen LogP contribution in [0.3, 0.4) is 0 Å². The van der Waals surface area contributed by atoms with E-state index >= 15 is 0 Å². The molecule has 0 spiro atoms. The molecule has 1 aliphatic rings. The van der Waals surface area contributed by atoms with Gasteiger partial charge in [-0.1, -0.05) is 26.2 Å². The third-order valence-electron chi connectivity index (χ3n) is 3.94. The van der Waals surface area contributed by atoms with Crippen molar-refractivity contribution >= 4 is 5.97 Å². The highest BCUT2D eigenvalue weighted by Gasteiger charge is 2.32. The van der Waals surface area contributed by atoms with Crippen LogP contribution in [-0.4, -0.2) is 28.8 Å². The van der Waals surface area contributed by atoms with Crippen LogP contribution >= 0.6 is 0 Å². The molecule has 4 atom stereocenters. The van der Waals surface area contributed by atoms with Crippen molar-refractivity contribution in [3.05, 3.63) is 0 Å². The normalized spacial score (nSPS) is 29.6. The molecule has 0 amide bonds. The van der Waals surface area contributed by atoms with E-state index in [2.05, 4.69) is 6.92 Å². The summed E-state index contributed by atoms with van der Waals surface area (Å²) in [6.45, 7) is 5.69. The summed E-state index contributed by atoms with van der Waals surface area (Å²) in [6, 6.07) is 0. The first-order valence-electron chi connectivity index (χ1n) is 7.03. The maximum absolute atomic E-state index is 11.0. The summed E-state index contributed by atoms with van der Waals surface area (Å²) in [7, 11) is 0. The van der Waals surface area contributed by atoms with Gasteiger partial charge in [-0.05, 0) is 32.6 Å². The Bertz CT molecular complexity index is 278. The number of carboxylic acid groups (broad SMARTS) is 1. The lowest BCUT2D eigenvalue weighted by Crippen LogP contribution is -2.47. The smallest absolute Gasteiger partial charge is 0.323 e. The predicted octanol–water partition coefficient (Wildman–Crippen LogP) is 2.55. The van der Waals surface area contributed by atoms with Gasteiger partial charge < -0.3 is 15.6 Å². The molecule has 0 radical (unpaired) electrons. The molecule has 1 rings (SSSR count). The van der Waals surface area contributed by atoms with Crippen molar-refractivity contribution in [3.63, 3.8) is 0 Å². The average molecular weight is 257 g/mol. The Balaban J connectivity index is 2.40. The van der Waals surface area contributed by atoms with Crippen molar-refractivity contribution in [2.75, 3.05) is 0 Å². The Morgan fingerprint density at radius 2 is 2.22 bits per heavy atom. The van der Waals surface area contributed by atoms with Gasteiger partial charge in [0.05, 0.1) is 12.2 Å². The Morgan fingerprint density at radius 3 is 2.78 bits per heavy atom. The third-order valence-corrected chi connectivity index (χ3v) is 3.94. The molecule has 0 heterocycles. The number of nitrogens with two attached hydrogens (primary N) is 1. The van der Waals surface area contributed by atoms with Gasteiger partial charge in [-0.25, -0.2) is 0 Å². The van der Waals surface area contributed by atoms with Crippen LogP contribution in [0.25, 0.3) is 0 Å². The van der Waals surface area contributed by atoms with Gasteiger partial charge in [-0.15, -0.1) is 0 Å². The molecular weight excluding hydrogens is 230 g/mol. The lowest BCUT2D eigenvalue weighted by Gasteiger charge is -2.32. The fourth-order valence-corrected chi connectivity index (χ4v) is 2.80. The summed E-state index contributed by atoms with van der Waals surface area (Å²) in [5, 5.41) is 9.00. The van der Waals surface area contributed by atoms with Crippen LogP contribution in [0.4, 0.5) is 0 Å². The van der Waals surface area contributed by atoms with Crippen molar-refractivity contribution in [2.24, 2.45) is 11.7 Å². The molecule has 0 aromatic rings. The molecule has 4 heteroatoms. The van der Waals surface area contributed by atoms with Crippen LogP contribution in [0.15, 0.2) is 0 Å². The summed E-state index contributed by atoms with van der Waals surface area (Å²) in [5.41, 5.74) is 4.54. The summed E-state index contributed by atoms with van der Waals surface area (Å²) in [6.07, 6.45) is 6.46. The van der Waals surface area contributed by atoms with Gasteiger partial charge in [0.1, 0.15) is 5.54 Å². The van der Waals surface area contributed by atoms with Gasteiger partial charge in [0, 0.05) is 6.42 Å². The van der Waals surface area contributed by atoms with Crippen molar-refractivity contribution in [1.29, 1.82) is 0 Å². The molecule has 0 bridgehead atoms. The van der Waals surface area contributed by atoms with Crippen molar-refractivity contribution in [2.45, 2.75) is 77.0 Å². The average Bonchev–Trinajstić information content (AvgIpc) is 2.28. The molecular formula is C14H27NO3. The molecule has 1 fully saturated rings. The lowest BCUT2D eigenvalue weighted by atomic mass is 9.85. The predicted molar refractivity (Wildman–Crippen MR) is 71.4 cm³/mol. The zero-order valence-corrected chi connectivity index (χ0v) is 11.8. The Labute approximate surface area is 110 Å². The number of carboxylic acids is 1. The zero-order valence-electron chi connectivity index (χ0n) is 11.8. The molecule has 3 N–H and O–H groups in total. The van der Waals surface area contributed by atoms with E-state index in [0.29, 0.717) is 6.42 Å². The van der Waals surface area contributed by atoms with Crippen LogP contribution in [0.5, 0.6) is 0 Å². The highest BCUT2D eigenvalue weighted by atomic mass is 16.5. The number of aliphatic carboxylic acids is 1. The summed E-state index contributed by atoms with van der Waals surface area (Å²) in [5.74, 6) is -0.201. The number of hydrogen-bond donors (Lipinski definition) is 2. The monoisotopic (exact) mass is 257 g/mol. The van der Waals surface area contributed by atoms with Gasteiger partial charge in [0.15, 0.2) is 0 Å². The van der Waals surface area contributed by atoms with E-state index in [0.717, 1.165) is 18.8 Å². The van der Waals surface area contributed by atoms with Gasteiger partial charge in [0.2, 0.25) is 0 Å². The van der Waals surface area contributed by atoms with Gasteiger partial charge in [-0.2, -0.15) is 0 Å². The Hall–Kier alpha value is -0.610. The lowest BCUT2D eigenvalue weighted by molar-refractivity contribution is -0.145. The van der Waals surface area contributed by atoms with E-state index in [9.17, 15) is 4.79 Å². The quantitative estimate of drug-likeness (QED) is 0.767.